The van der Waals surface area contributed by atoms with Gasteiger partial charge >= 0.3 is 0 Å². The van der Waals surface area contributed by atoms with Gasteiger partial charge in [0.25, 0.3) is 5.91 Å². The molecule has 0 atom stereocenters. The molecule has 0 spiro atoms. The number of ether oxygens (including phenoxy) is 3. The number of nitrogens with one attached hydrogen (secondary N) is 1. The van der Waals surface area contributed by atoms with E-state index in [1.54, 1.807) is 33.3 Å². The average Bonchev–Trinajstić information content (AvgIpc) is 2.66. The first kappa shape index (κ1) is 19.3. The van der Waals surface area contributed by atoms with Gasteiger partial charge in [0.2, 0.25) is 0 Å². The molecule has 0 aliphatic rings. The van der Waals surface area contributed by atoms with Crippen molar-refractivity contribution in [1.82, 2.24) is 5.43 Å². The highest BCUT2D eigenvalue weighted by Crippen LogP contribution is 2.27. The SMILES string of the molecule is COc1ccc(/C(C)=N/NC(=O)COc2ccc(C)c(C)c2)cc1OC. The van der Waals surface area contributed by atoms with Gasteiger partial charge in [-0.25, -0.2) is 5.43 Å². The third-order valence-electron chi connectivity index (χ3n) is 4.00. The molecule has 0 aliphatic carbocycles. The lowest BCUT2D eigenvalue weighted by atomic mass is 10.1. The Morgan fingerprint density at radius 3 is 2.38 bits per heavy atom. The van der Waals surface area contributed by atoms with Crippen LogP contribution in [0.15, 0.2) is 41.5 Å². The quantitative estimate of drug-likeness (QED) is 0.611. The van der Waals surface area contributed by atoms with Gasteiger partial charge in [0, 0.05) is 5.56 Å². The molecule has 0 saturated heterocycles. The molecule has 0 unspecified atom stereocenters. The van der Waals surface area contributed by atoms with Gasteiger partial charge in [-0.2, -0.15) is 5.10 Å². The molecule has 1 amide bonds. The number of carbonyl (C=O) groups excluding carboxylic acids is 1. The molecule has 0 bridgehead atoms. The molecule has 2 aromatic rings. The molecule has 0 aliphatic heterocycles. The van der Waals surface area contributed by atoms with Crippen molar-refractivity contribution < 1.29 is 19.0 Å². The predicted octanol–water partition coefficient (Wildman–Crippen LogP) is 3.24. The van der Waals surface area contributed by atoms with Crippen LogP contribution in [0.3, 0.4) is 0 Å². The van der Waals surface area contributed by atoms with E-state index in [0.717, 1.165) is 11.1 Å². The van der Waals surface area contributed by atoms with E-state index in [4.69, 9.17) is 14.2 Å². The zero-order valence-corrected chi connectivity index (χ0v) is 15.8. The summed E-state index contributed by atoms with van der Waals surface area (Å²) in [5.74, 6) is 1.56. The highest BCUT2D eigenvalue weighted by Gasteiger charge is 2.08. The fraction of sp³-hybridized carbons (Fsp3) is 0.300. The first-order valence-electron chi connectivity index (χ1n) is 8.20. The molecule has 0 radical (unpaired) electrons. The summed E-state index contributed by atoms with van der Waals surface area (Å²) in [7, 11) is 3.15. The van der Waals surface area contributed by atoms with Crippen molar-refractivity contribution in [2.75, 3.05) is 20.8 Å². The third kappa shape index (κ3) is 4.99. The summed E-state index contributed by atoms with van der Waals surface area (Å²) < 4.78 is 16.0. The van der Waals surface area contributed by atoms with Gasteiger partial charge in [0.1, 0.15) is 5.75 Å². The lowest BCUT2D eigenvalue weighted by Crippen LogP contribution is -2.25. The van der Waals surface area contributed by atoms with Crippen LogP contribution >= 0.6 is 0 Å². The maximum absolute atomic E-state index is 11.9. The van der Waals surface area contributed by atoms with Gasteiger partial charge < -0.3 is 14.2 Å². The highest BCUT2D eigenvalue weighted by molar-refractivity contribution is 5.99. The summed E-state index contributed by atoms with van der Waals surface area (Å²) in [5.41, 5.74) is 6.25. The number of hydrogen-bond donors (Lipinski definition) is 1. The van der Waals surface area contributed by atoms with Crippen LogP contribution in [0.4, 0.5) is 0 Å². The monoisotopic (exact) mass is 356 g/mol. The van der Waals surface area contributed by atoms with Gasteiger partial charge in [0.05, 0.1) is 19.9 Å². The van der Waals surface area contributed by atoms with E-state index in [1.165, 1.54) is 5.56 Å². The van der Waals surface area contributed by atoms with Crippen molar-refractivity contribution in [1.29, 1.82) is 0 Å². The number of amides is 1. The Morgan fingerprint density at radius 1 is 1.00 bits per heavy atom. The minimum absolute atomic E-state index is 0.106. The van der Waals surface area contributed by atoms with Crippen LogP contribution in [0.5, 0.6) is 17.2 Å². The first-order valence-corrected chi connectivity index (χ1v) is 8.20. The van der Waals surface area contributed by atoms with E-state index < -0.39 is 0 Å². The second-order valence-electron chi connectivity index (χ2n) is 5.84. The molecule has 26 heavy (non-hydrogen) atoms. The summed E-state index contributed by atoms with van der Waals surface area (Å²) in [4.78, 5) is 11.9. The molecule has 2 rings (SSSR count). The molecule has 0 heterocycles. The molecule has 138 valence electrons. The number of methoxy groups -OCH3 is 2. The second kappa shape index (κ2) is 8.89. The number of hydrazone groups is 1. The normalized spacial score (nSPS) is 11.0. The number of carbonyl (C=O) groups is 1. The van der Waals surface area contributed by atoms with Crippen molar-refractivity contribution in [3.8, 4) is 17.2 Å². The van der Waals surface area contributed by atoms with Crippen LogP contribution in [-0.2, 0) is 4.79 Å². The third-order valence-corrected chi connectivity index (χ3v) is 4.00. The van der Waals surface area contributed by atoms with Crippen LogP contribution in [0.2, 0.25) is 0 Å². The van der Waals surface area contributed by atoms with E-state index >= 15 is 0 Å². The van der Waals surface area contributed by atoms with Crippen molar-refractivity contribution in [2.24, 2.45) is 5.10 Å². The number of benzene rings is 2. The first-order chi connectivity index (χ1) is 12.4. The minimum atomic E-state index is -0.331. The Labute approximate surface area is 153 Å². The molecule has 0 saturated carbocycles. The molecule has 0 aromatic heterocycles. The van der Waals surface area contributed by atoms with Crippen molar-refractivity contribution >= 4 is 11.6 Å². The Hall–Kier alpha value is -3.02. The van der Waals surface area contributed by atoms with E-state index in [9.17, 15) is 4.79 Å². The largest absolute Gasteiger partial charge is 0.493 e. The number of nitrogens with zero attached hydrogens (tertiary/aromatic N) is 1. The van der Waals surface area contributed by atoms with Gasteiger partial charge in [-0.1, -0.05) is 6.07 Å². The Kier molecular flexibility index (Phi) is 6.60. The van der Waals surface area contributed by atoms with Crippen LogP contribution < -0.4 is 19.6 Å². The fourth-order valence-electron chi connectivity index (χ4n) is 2.26. The molecular weight excluding hydrogens is 332 g/mol. The Balaban J connectivity index is 1.95. The van der Waals surface area contributed by atoms with E-state index in [0.29, 0.717) is 23.0 Å². The van der Waals surface area contributed by atoms with Gasteiger partial charge in [-0.3, -0.25) is 4.79 Å². The van der Waals surface area contributed by atoms with Crippen molar-refractivity contribution in [3.05, 3.63) is 53.1 Å². The van der Waals surface area contributed by atoms with Crippen LogP contribution in [0.25, 0.3) is 0 Å². The lowest BCUT2D eigenvalue weighted by molar-refractivity contribution is -0.123. The summed E-state index contributed by atoms with van der Waals surface area (Å²) in [6.07, 6.45) is 0. The number of aryl methyl sites for hydroxylation is 2. The summed E-state index contributed by atoms with van der Waals surface area (Å²) in [5, 5.41) is 4.11. The molecular formula is C20H24N2O4. The second-order valence-corrected chi connectivity index (χ2v) is 5.84. The van der Waals surface area contributed by atoms with E-state index in [2.05, 4.69) is 10.5 Å². The minimum Gasteiger partial charge on any atom is -0.493 e. The van der Waals surface area contributed by atoms with Gasteiger partial charge in [0.15, 0.2) is 18.1 Å². The van der Waals surface area contributed by atoms with Crippen LogP contribution in [0.1, 0.15) is 23.6 Å². The standard InChI is InChI=1S/C20H24N2O4/c1-13-6-8-17(10-14(13)2)26-12-20(23)22-21-15(3)16-7-9-18(24-4)19(11-16)25-5/h6-11H,12H2,1-5H3,(H,22,23)/b21-15+. The molecule has 6 heteroatoms. The summed E-state index contributed by atoms with van der Waals surface area (Å²) in [6, 6.07) is 11.1. The maximum Gasteiger partial charge on any atom is 0.277 e. The van der Waals surface area contributed by atoms with E-state index in [1.807, 2.05) is 38.1 Å². The Bertz CT molecular complexity index is 815. The summed E-state index contributed by atoms with van der Waals surface area (Å²) >= 11 is 0. The molecule has 6 nitrogen and oxygen atoms in total. The number of rotatable bonds is 7. The zero-order chi connectivity index (χ0) is 19.1. The highest BCUT2D eigenvalue weighted by atomic mass is 16.5. The topological polar surface area (TPSA) is 69.2 Å². The fourth-order valence-corrected chi connectivity index (χ4v) is 2.26. The molecule has 2 aromatic carbocycles. The van der Waals surface area contributed by atoms with Gasteiger partial charge in [-0.15, -0.1) is 0 Å². The molecule has 1 N–H and O–H groups in total. The van der Waals surface area contributed by atoms with Crippen LogP contribution in [0, 0.1) is 13.8 Å². The Morgan fingerprint density at radius 2 is 1.73 bits per heavy atom. The maximum atomic E-state index is 11.9. The van der Waals surface area contributed by atoms with Crippen molar-refractivity contribution in [3.63, 3.8) is 0 Å². The van der Waals surface area contributed by atoms with Crippen molar-refractivity contribution in [2.45, 2.75) is 20.8 Å². The zero-order valence-electron chi connectivity index (χ0n) is 15.8. The van der Waals surface area contributed by atoms with E-state index in [-0.39, 0.29) is 12.5 Å². The number of hydrogen-bond acceptors (Lipinski definition) is 5. The lowest BCUT2D eigenvalue weighted by Gasteiger charge is -2.10. The van der Waals surface area contributed by atoms with Gasteiger partial charge in [-0.05, 0) is 62.2 Å². The summed E-state index contributed by atoms with van der Waals surface area (Å²) in [6.45, 7) is 5.72. The van der Waals surface area contributed by atoms with Crippen LogP contribution in [-0.4, -0.2) is 32.4 Å². The smallest absolute Gasteiger partial charge is 0.277 e. The average molecular weight is 356 g/mol. The molecule has 0 fully saturated rings. The predicted molar refractivity (Wildman–Crippen MR) is 101 cm³/mol.